The fraction of sp³-hybridized carbons (Fsp3) is 0.167. The first-order chi connectivity index (χ1) is 17.7. The lowest BCUT2D eigenvalue weighted by Crippen LogP contribution is -2.20. The minimum absolute atomic E-state index is 1.01. The summed E-state index contributed by atoms with van der Waals surface area (Å²) in [7, 11) is 0. The number of aryl methyl sites for hydroxylation is 1. The summed E-state index contributed by atoms with van der Waals surface area (Å²) in [6.45, 7) is 6.91. The van der Waals surface area contributed by atoms with E-state index in [0.29, 0.717) is 0 Å². The molecule has 2 aliphatic carbocycles. The molecule has 0 unspecified atom stereocenters. The van der Waals surface area contributed by atoms with Crippen molar-refractivity contribution in [1.82, 2.24) is 0 Å². The first kappa shape index (κ1) is 22.6. The van der Waals surface area contributed by atoms with E-state index in [1.165, 1.54) is 71.0 Å². The van der Waals surface area contributed by atoms with Crippen LogP contribution in [-0.2, 0) is 12.8 Å². The highest BCUT2D eigenvalue weighted by molar-refractivity contribution is 5.86. The average Bonchev–Trinajstić information content (AvgIpc) is 3.59. The highest BCUT2D eigenvalue weighted by Gasteiger charge is 2.22. The maximum Gasteiger partial charge on any atom is -0.00172 e. The Morgan fingerprint density at radius 2 is 1.50 bits per heavy atom. The first-order valence-electron chi connectivity index (χ1n) is 13.2. The molecule has 6 rings (SSSR count). The van der Waals surface area contributed by atoms with Gasteiger partial charge in [-0.1, -0.05) is 111 Å². The van der Waals surface area contributed by atoms with Crippen LogP contribution < -0.4 is 10.4 Å². The lowest BCUT2D eigenvalue weighted by atomic mass is 9.84. The molecule has 0 radical (unpaired) electrons. The van der Waals surface area contributed by atoms with Gasteiger partial charge in [0.25, 0.3) is 0 Å². The van der Waals surface area contributed by atoms with Gasteiger partial charge in [-0.05, 0) is 103 Å². The SMILES string of the molecule is CCc1ccc2c(c1)=Cc1c(C3=CC=CC3)c(CC)c(C)c(=C(c3ccccc3)c3ccccc3)c1=2. The highest BCUT2D eigenvalue weighted by atomic mass is 14.3. The summed E-state index contributed by atoms with van der Waals surface area (Å²) >= 11 is 0. The van der Waals surface area contributed by atoms with Gasteiger partial charge in [0.1, 0.15) is 0 Å². The van der Waals surface area contributed by atoms with Crippen LogP contribution in [0, 0.1) is 17.4 Å². The van der Waals surface area contributed by atoms with Crippen molar-refractivity contribution in [1.29, 1.82) is 0 Å². The molecule has 0 nitrogen and oxygen atoms in total. The molecule has 0 aromatic heterocycles. The molecule has 0 heterocycles. The van der Waals surface area contributed by atoms with Crippen molar-refractivity contribution >= 4 is 17.2 Å². The number of fused-ring (bicyclic) bond motifs is 2. The van der Waals surface area contributed by atoms with Crippen molar-refractivity contribution in [2.75, 3.05) is 0 Å². The third-order valence-corrected chi connectivity index (χ3v) is 7.83. The molecule has 0 amide bonds. The van der Waals surface area contributed by atoms with Crippen LogP contribution in [0.15, 0.2) is 97.1 Å². The molecule has 0 aliphatic heterocycles. The zero-order valence-electron chi connectivity index (χ0n) is 21.4. The van der Waals surface area contributed by atoms with Crippen molar-refractivity contribution in [3.63, 3.8) is 0 Å². The van der Waals surface area contributed by atoms with Crippen LogP contribution in [0.1, 0.15) is 59.2 Å². The normalized spacial score (nSPS) is 13.2. The Morgan fingerprint density at radius 1 is 0.806 bits per heavy atom. The van der Waals surface area contributed by atoms with Gasteiger partial charge in [0.05, 0.1) is 0 Å². The van der Waals surface area contributed by atoms with Crippen LogP contribution in [0.4, 0.5) is 0 Å². The molecular weight excluding hydrogens is 432 g/mol. The summed E-state index contributed by atoms with van der Waals surface area (Å²) in [6.07, 6.45) is 12.4. The first-order valence-corrected chi connectivity index (χ1v) is 13.2. The van der Waals surface area contributed by atoms with E-state index in [0.717, 1.165) is 19.3 Å². The van der Waals surface area contributed by atoms with Crippen molar-refractivity contribution in [2.45, 2.75) is 40.0 Å². The minimum atomic E-state index is 1.01. The lowest BCUT2D eigenvalue weighted by molar-refractivity contribution is 1.07. The molecule has 176 valence electrons. The van der Waals surface area contributed by atoms with Gasteiger partial charge in [0.2, 0.25) is 0 Å². The Hall–Kier alpha value is -3.90. The third kappa shape index (κ3) is 3.60. The van der Waals surface area contributed by atoms with Gasteiger partial charge in [0, 0.05) is 0 Å². The molecule has 36 heavy (non-hydrogen) atoms. The molecule has 0 saturated carbocycles. The molecule has 0 N–H and O–H groups in total. The van der Waals surface area contributed by atoms with Crippen LogP contribution in [0.2, 0.25) is 0 Å². The van der Waals surface area contributed by atoms with Crippen molar-refractivity contribution in [3.05, 3.63) is 157 Å². The fourth-order valence-electron chi connectivity index (χ4n) is 6.13. The molecule has 4 aromatic rings. The zero-order valence-corrected chi connectivity index (χ0v) is 21.4. The van der Waals surface area contributed by atoms with E-state index in [9.17, 15) is 0 Å². The van der Waals surface area contributed by atoms with E-state index >= 15 is 0 Å². The van der Waals surface area contributed by atoms with E-state index in [4.69, 9.17) is 0 Å². The van der Waals surface area contributed by atoms with E-state index in [1.54, 1.807) is 0 Å². The van der Waals surface area contributed by atoms with Gasteiger partial charge < -0.3 is 0 Å². The van der Waals surface area contributed by atoms with Crippen LogP contribution in [0.5, 0.6) is 0 Å². The molecule has 0 spiro atoms. The summed E-state index contributed by atoms with van der Waals surface area (Å²) in [4.78, 5) is 0. The Balaban J connectivity index is 1.92. The Morgan fingerprint density at radius 3 is 2.08 bits per heavy atom. The molecule has 2 aliphatic rings. The maximum atomic E-state index is 2.47. The third-order valence-electron chi connectivity index (χ3n) is 7.83. The maximum absolute atomic E-state index is 2.47. The number of allylic oxidation sites excluding steroid dienone is 4. The quantitative estimate of drug-likeness (QED) is 0.259. The van der Waals surface area contributed by atoms with E-state index in [1.807, 2.05) is 0 Å². The van der Waals surface area contributed by atoms with Gasteiger partial charge in [-0.25, -0.2) is 0 Å². The number of hydrogen-bond donors (Lipinski definition) is 0. The monoisotopic (exact) mass is 464 g/mol. The summed E-state index contributed by atoms with van der Waals surface area (Å²) in [5.74, 6) is 0. The fourth-order valence-corrected chi connectivity index (χ4v) is 6.13. The average molecular weight is 465 g/mol. The topological polar surface area (TPSA) is 0 Å². The second-order valence-corrected chi connectivity index (χ2v) is 9.85. The molecule has 0 atom stereocenters. The molecule has 0 heteroatoms. The number of hydrogen-bond acceptors (Lipinski definition) is 0. The van der Waals surface area contributed by atoms with Crippen LogP contribution >= 0.6 is 0 Å². The Labute approximate surface area is 214 Å². The van der Waals surface area contributed by atoms with Crippen molar-refractivity contribution in [2.24, 2.45) is 0 Å². The smallest absolute Gasteiger partial charge is 0.00172 e. The Kier molecular flexibility index (Phi) is 5.82. The molecule has 0 fully saturated rings. The predicted octanol–water partition coefficient (Wildman–Crippen LogP) is 7.14. The zero-order chi connectivity index (χ0) is 24.6. The summed E-state index contributed by atoms with van der Waals surface area (Å²) < 4.78 is 0. The second-order valence-electron chi connectivity index (χ2n) is 9.85. The van der Waals surface area contributed by atoms with Crippen LogP contribution in [-0.4, -0.2) is 0 Å². The van der Waals surface area contributed by atoms with Gasteiger partial charge in [-0.15, -0.1) is 0 Å². The molecule has 0 bridgehead atoms. The van der Waals surface area contributed by atoms with Gasteiger partial charge >= 0.3 is 0 Å². The van der Waals surface area contributed by atoms with Crippen LogP contribution in [0.25, 0.3) is 17.2 Å². The molecular formula is C36H32. The molecule has 0 saturated heterocycles. The highest BCUT2D eigenvalue weighted by Crippen LogP contribution is 2.34. The van der Waals surface area contributed by atoms with Crippen LogP contribution in [0.3, 0.4) is 0 Å². The van der Waals surface area contributed by atoms with Gasteiger partial charge in [-0.2, -0.15) is 0 Å². The van der Waals surface area contributed by atoms with Gasteiger partial charge in [0.15, 0.2) is 0 Å². The summed E-state index contributed by atoms with van der Waals surface area (Å²) in [5.41, 5.74) is 12.4. The minimum Gasteiger partial charge on any atom is -0.0801 e. The molecule has 4 aromatic carbocycles. The van der Waals surface area contributed by atoms with Crippen molar-refractivity contribution in [3.8, 4) is 0 Å². The standard InChI is InChI=1S/C36H32/c1-4-25-20-21-31-29(22-25)23-32-35(28-18-12-13-19-28)30(5-2)24(3)33(36(31)32)34(26-14-8-6-9-15-26)27-16-10-7-11-17-27/h6-18,20-23H,4-5,19H2,1-3H3. The largest absolute Gasteiger partial charge is 0.0801 e. The summed E-state index contributed by atoms with van der Waals surface area (Å²) in [5, 5.41) is 5.49. The summed E-state index contributed by atoms with van der Waals surface area (Å²) in [6, 6.07) is 29.0. The second kappa shape index (κ2) is 9.28. The number of rotatable bonds is 5. The van der Waals surface area contributed by atoms with Crippen molar-refractivity contribution < 1.29 is 0 Å². The lowest BCUT2D eigenvalue weighted by Gasteiger charge is -2.20. The number of benzene rings is 4. The Bertz CT molecular complexity index is 1710. The van der Waals surface area contributed by atoms with E-state index < -0.39 is 0 Å². The van der Waals surface area contributed by atoms with Gasteiger partial charge in [-0.3, -0.25) is 0 Å². The van der Waals surface area contributed by atoms with E-state index in [2.05, 4.69) is 124 Å². The predicted molar refractivity (Wildman–Crippen MR) is 153 cm³/mol. The van der Waals surface area contributed by atoms with E-state index in [-0.39, 0.29) is 0 Å².